The number of nitrogens with zero attached hydrogens (tertiary/aromatic N) is 2. The second kappa shape index (κ2) is 17.2. The molecule has 0 heterocycles. The van der Waals surface area contributed by atoms with Crippen molar-refractivity contribution in [3.8, 4) is 12.1 Å². The first-order valence-corrected chi connectivity index (χ1v) is 2.14. The van der Waals surface area contributed by atoms with E-state index in [-0.39, 0.29) is 6.42 Å². The van der Waals surface area contributed by atoms with Crippen LogP contribution in [0.5, 0.6) is 0 Å². The molecule has 0 saturated heterocycles. The molecular formula is C6H8N2. The van der Waals surface area contributed by atoms with Crippen molar-refractivity contribution in [1.82, 2.24) is 0 Å². The second-order valence-electron chi connectivity index (χ2n) is 0.901. The van der Waals surface area contributed by atoms with E-state index in [0.717, 1.165) is 0 Å². The molecule has 0 aliphatic rings. The Morgan fingerprint density at radius 3 is 1.75 bits per heavy atom. The zero-order chi connectivity index (χ0) is 6.83. The smallest absolute Gasteiger partial charge is 0.122 e. The Hall–Kier alpha value is -1.28. The summed E-state index contributed by atoms with van der Waals surface area (Å²) in [6, 6.07) is 3.31. The molecule has 2 nitrogen and oxygen atoms in total. The molecule has 2 heteroatoms. The van der Waals surface area contributed by atoms with Crippen molar-refractivity contribution in [3.05, 3.63) is 12.7 Å². The van der Waals surface area contributed by atoms with Crippen molar-refractivity contribution in [2.75, 3.05) is 0 Å². The van der Waals surface area contributed by atoms with Crippen molar-refractivity contribution in [3.63, 3.8) is 0 Å². The van der Waals surface area contributed by atoms with Crippen LogP contribution in [-0.4, -0.2) is 0 Å². The van der Waals surface area contributed by atoms with Gasteiger partial charge in [-0.2, -0.15) is 10.5 Å². The van der Waals surface area contributed by atoms with Crippen molar-refractivity contribution in [1.29, 1.82) is 10.5 Å². The predicted molar refractivity (Wildman–Crippen MR) is 31.7 cm³/mol. The Bertz CT molecular complexity index is 101. The first-order valence-electron chi connectivity index (χ1n) is 2.14. The molecule has 42 valence electrons. The summed E-state index contributed by atoms with van der Waals surface area (Å²) in [6.07, 6.45) is 1.75. The van der Waals surface area contributed by atoms with Gasteiger partial charge in [-0.1, -0.05) is 6.08 Å². The number of allylic oxidation sites excluding steroid dienone is 1. The summed E-state index contributed by atoms with van der Waals surface area (Å²) in [6.45, 7) is 5.25. The largest absolute Gasteiger partial charge is 0.197 e. The first-order chi connectivity index (χ1) is 3.83. The van der Waals surface area contributed by atoms with Gasteiger partial charge in [0.05, 0.1) is 12.1 Å². The van der Waals surface area contributed by atoms with E-state index in [1.165, 1.54) is 0 Å². The Labute approximate surface area is 49.7 Å². The van der Waals surface area contributed by atoms with Crippen LogP contribution < -0.4 is 0 Å². The van der Waals surface area contributed by atoms with Crippen LogP contribution in [0, 0.1) is 22.7 Å². The van der Waals surface area contributed by atoms with Gasteiger partial charge in [0.1, 0.15) is 6.42 Å². The van der Waals surface area contributed by atoms with Gasteiger partial charge < -0.3 is 0 Å². The third kappa shape index (κ3) is 126. The van der Waals surface area contributed by atoms with E-state index in [9.17, 15) is 0 Å². The zero-order valence-electron chi connectivity index (χ0n) is 4.89. The summed E-state index contributed by atoms with van der Waals surface area (Å²) < 4.78 is 0. The Morgan fingerprint density at radius 1 is 1.50 bits per heavy atom. The Morgan fingerprint density at radius 2 is 1.75 bits per heavy atom. The molecule has 0 saturated carbocycles. The normalized spacial score (nSPS) is 4.38. The SMILES string of the molecule is C=CC.N#CCC#N. The predicted octanol–water partition coefficient (Wildman–Crippen LogP) is 1.62. The van der Waals surface area contributed by atoms with Crippen LogP contribution in [0.2, 0.25) is 0 Å². The monoisotopic (exact) mass is 108 g/mol. The van der Waals surface area contributed by atoms with E-state index in [1.54, 1.807) is 18.2 Å². The van der Waals surface area contributed by atoms with Gasteiger partial charge in [-0.05, 0) is 6.92 Å². The average Bonchev–Trinajstić information content (AvgIpc) is 1.71. The Kier molecular flexibility index (Phi) is 21.2. The van der Waals surface area contributed by atoms with Crippen LogP contribution in [0.25, 0.3) is 0 Å². The number of hydrogen-bond acceptors (Lipinski definition) is 2. The molecule has 0 N–H and O–H groups in total. The highest BCUT2D eigenvalue weighted by atomic mass is 14.3. The average molecular weight is 108 g/mol. The maximum absolute atomic E-state index is 7.59. The number of rotatable bonds is 0. The van der Waals surface area contributed by atoms with E-state index in [4.69, 9.17) is 10.5 Å². The molecule has 0 aromatic carbocycles. The minimum absolute atomic E-state index is 0. The molecule has 0 unspecified atom stereocenters. The summed E-state index contributed by atoms with van der Waals surface area (Å²) in [5.41, 5.74) is 0. The molecule has 8 heavy (non-hydrogen) atoms. The fourth-order valence-electron chi connectivity index (χ4n) is 0.0354. The molecule has 0 aromatic heterocycles. The summed E-state index contributed by atoms with van der Waals surface area (Å²) in [7, 11) is 0. The fourth-order valence-corrected chi connectivity index (χ4v) is 0.0354. The van der Waals surface area contributed by atoms with Gasteiger partial charge in [0.25, 0.3) is 0 Å². The summed E-state index contributed by atoms with van der Waals surface area (Å²) in [5, 5.41) is 15.2. The van der Waals surface area contributed by atoms with Crippen LogP contribution in [0.3, 0.4) is 0 Å². The Balaban J connectivity index is 0. The van der Waals surface area contributed by atoms with Crippen LogP contribution in [0.1, 0.15) is 13.3 Å². The maximum atomic E-state index is 7.59. The minimum atomic E-state index is 0. The molecular weight excluding hydrogens is 100 g/mol. The van der Waals surface area contributed by atoms with Crippen LogP contribution in [0.15, 0.2) is 12.7 Å². The van der Waals surface area contributed by atoms with Gasteiger partial charge in [-0.15, -0.1) is 6.58 Å². The highest BCUT2D eigenvalue weighted by molar-refractivity contribution is 4.85. The molecule has 0 aromatic rings. The topological polar surface area (TPSA) is 47.6 Å². The second-order valence-corrected chi connectivity index (χ2v) is 0.901. The van der Waals surface area contributed by atoms with Crippen molar-refractivity contribution in [2.45, 2.75) is 13.3 Å². The van der Waals surface area contributed by atoms with Crippen molar-refractivity contribution >= 4 is 0 Å². The van der Waals surface area contributed by atoms with Gasteiger partial charge >= 0.3 is 0 Å². The summed E-state index contributed by atoms with van der Waals surface area (Å²) >= 11 is 0. The fraction of sp³-hybridized carbons (Fsp3) is 0.333. The minimum Gasteiger partial charge on any atom is -0.197 e. The van der Waals surface area contributed by atoms with E-state index in [2.05, 4.69) is 6.58 Å². The van der Waals surface area contributed by atoms with E-state index >= 15 is 0 Å². The third-order valence-electron chi connectivity index (χ3n) is 0.158. The molecule has 0 amide bonds. The standard InChI is InChI=1S/C3H2N2.C3H6/c4-2-1-3-5;1-3-2/h1H2;3H,1H2,2H3. The number of nitriles is 2. The lowest BCUT2D eigenvalue weighted by molar-refractivity contribution is 1.33. The third-order valence-corrected chi connectivity index (χ3v) is 0.158. The summed E-state index contributed by atoms with van der Waals surface area (Å²) in [5.74, 6) is 0. The highest BCUT2D eigenvalue weighted by Crippen LogP contribution is 1.59. The quantitative estimate of drug-likeness (QED) is 0.442. The lowest BCUT2D eigenvalue weighted by Crippen LogP contribution is -1.47. The molecule has 0 fully saturated rings. The zero-order valence-corrected chi connectivity index (χ0v) is 4.89. The van der Waals surface area contributed by atoms with Crippen molar-refractivity contribution < 1.29 is 0 Å². The maximum Gasteiger partial charge on any atom is 0.122 e. The molecule has 0 spiro atoms. The first kappa shape index (κ1) is 9.87. The lowest BCUT2D eigenvalue weighted by atomic mass is 10.5. The van der Waals surface area contributed by atoms with E-state index in [0.29, 0.717) is 0 Å². The van der Waals surface area contributed by atoms with Gasteiger partial charge in [-0.25, -0.2) is 0 Å². The molecule has 0 rings (SSSR count). The molecule has 0 atom stereocenters. The summed E-state index contributed by atoms with van der Waals surface area (Å²) in [4.78, 5) is 0. The molecule has 0 aliphatic carbocycles. The highest BCUT2D eigenvalue weighted by Gasteiger charge is 1.61. The van der Waals surface area contributed by atoms with Gasteiger partial charge in [-0.3, -0.25) is 0 Å². The van der Waals surface area contributed by atoms with Gasteiger partial charge in [0.15, 0.2) is 0 Å². The molecule has 0 bridgehead atoms. The van der Waals surface area contributed by atoms with Crippen LogP contribution >= 0.6 is 0 Å². The lowest BCUT2D eigenvalue weighted by Gasteiger charge is -1.45. The van der Waals surface area contributed by atoms with Crippen LogP contribution in [-0.2, 0) is 0 Å². The van der Waals surface area contributed by atoms with E-state index < -0.39 is 0 Å². The number of hydrogen-bond donors (Lipinski definition) is 0. The van der Waals surface area contributed by atoms with Crippen molar-refractivity contribution in [2.24, 2.45) is 0 Å². The molecule has 0 aliphatic heterocycles. The van der Waals surface area contributed by atoms with Gasteiger partial charge in [0, 0.05) is 0 Å². The van der Waals surface area contributed by atoms with Gasteiger partial charge in [0.2, 0.25) is 0 Å². The van der Waals surface area contributed by atoms with Crippen LogP contribution in [0.4, 0.5) is 0 Å². The van der Waals surface area contributed by atoms with E-state index in [1.807, 2.05) is 6.92 Å². The molecule has 0 radical (unpaired) electrons.